The van der Waals surface area contributed by atoms with Gasteiger partial charge in [0.1, 0.15) is 52.8 Å². The number of nitrogens with zero attached hydrogens (tertiary/aromatic N) is 5. The van der Waals surface area contributed by atoms with Crippen molar-refractivity contribution in [2.24, 2.45) is 22.1 Å². The standard InChI is InChI=1S/C32H34N6O7S.C27H28N4O5S.C13H4.C5H8N2O3/c1-3-18-15-32(18,30(41)36-46(43,44)20-12-13-20)34-28(39)26-14-19(16-38(26)29(40)25-17-37(2)31(42)33-25)45-35-27-23-10-6-4-8-21(23)22-9-5-7-11-24(22)27;1-2-16-14-27(16,26(33)31-37(34,35)18-11-12-18)29-25(32)23-13-17(15-28-23)36-30-24-21-9-5-3-7-19(21)20-8-4-6-10-22(20)24;1-3-5-7-9-11-13-12-10-8-6-4-2;1-7-2-3(4(8)9)6-5(7)10/h3-11,18-20,25-26H,1,12-17H2,2H3,(H,33,42)(H,34,39)(H,36,41);2-10,16-18,23,28H,1,11-15H2,(H,29,32)(H,31,33);1-2H2;3H,2H2,1H3,(H,6,10)(H,8,9)/t18-,19-,25+,26+,32-;16-,17-,23+,27-;;3-/m11.0/s1. The lowest BCUT2D eigenvalue weighted by atomic mass is 10.1. The first-order valence-electron chi connectivity index (χ1n) is 33.8. The van der Waals surface area contributed by atoms with Gasteiger partial charge >= 0.3 is 18.0 Å². The molecule has 4 saturated carbocycles. The third kappa shape index (κ3) is 16.7. The molecule has 4 heterocycles. The van der Waals surface area contributed by atoms with Crippen LogP contribution in [0.1, 0.15) is 73.6 Å². The molecule has 0 spiro atoms. The topological polar surface area (TPSA) is 362 Å². The van der Waals surface area contributed by atoms with Crippen LogP contribution in [0.15, 0.2) is 209 Å². The van der Waals surface area contributed by atoms with Crippen LogP contribution < -0.4 is 36.0 Å². The van der Waals surface area contributed by atoms with Crippen LogP contribution in [0.2, 0.25) is 0 Å². The molecule has 9 amide bonds. The highest BCUT2D eigenvalue weighted by Gasteiger charge is 2.63. The molecule has 4 aromatic rings. The van der Waals surface area contributed by atoms with E-state index in [0.717, 1.165) is 50.2 Å². The number of urea groups is 2. The van der Waals surface area contributed by atoms with Crippen LogP contribution in [0, 0.1) is 11.8 Å². The summed E-state index contributed by atoms with van der Waals surface area (Å²) in [4.78, 5) is 116. The Bertz CT molecular complexity index is 4950. The van der Waals surface area contributed by atoms with Gasteiger partial charge in [0, 0.05) is 67.6 Å². The van der Waals surface area contributed by atoms with Crippen LogP contribution in [0.5, 0.6) is 0 Å². The molecule has 10 atom stereocenters. The highest BCUT2D eigenvalue weighted by Crippen LogP contribution is 2.47. The predicted molar refractivity (Wildman–Crippen MR) is 387 cm³/mol. The number of likely N-dealkylation sites (N-methyl/N-ethyl adjacent to an activating group) is 2. The van der Waals surface area contributed by atoms with Crippen molar-refractivity contribution in [3.05, 3.63) is 221 Å². The highest BCUT2D eigenvalue weighted by molar-refractivity contribution is 7.91. The fourth-order valence-electron chi connectivity index (χ4n) is 12.9. The molecule has 0 aromatic heterocycles. The largest absolute Gasteiger partial charge is 0.480 e. The molecule has 10 aliphatic rings. The summed E-state index contributed by atoms with van der Waals surface area (Å²) in [6.45, 7) is 14.8. The number of carbonyl (C=O) groups is 8. The summed E-state index contributed by atoms with van der Waals surface area (Å²) in [5.74, 6) is -4.81. The van der Waals surface area contributed by atoms with Gasteiger partial charge < -0.3 is 56.1 Å². The third-order valence-corrected chi connectivity index (χ3v) is 22.8. The fourth-order valence-corrected chi connectivity index (χ4v) is 15.7. The van der Waals surface area contributed by atoms with Crippen molar-refractivity contribution in [3.63, 3.8) is 0 Å². The zero-order valence-electron chi connectivity index (χ0n) is 57.7. The van der Waals surface area contributed by atoms with Crippen molar-refractivity contribution >= 4 is 79.0 Å². The van der Waals surface area contributed by atoms with Crippen molar-refractivity contribution in [1.82, 2.24) is 50.7 Å². The molecule has 27 nitrogen and oxygen atoms in total. The number of likely N-dealkylation sites (tertiary alicyclic amines) is 1. The van der Waals surface area contributed by atoms with Gasteiger partial charge in [-0.15, -0.1) is 13.2 Å². The molecule has 106 heavy (non-hydrogen) atoms. The van der Waals surface area contributed by atoms with E-state index in [-0.39, 0.29) is 56.4 Å². The van der Waals surface area contributed by atoms with Crippen LogP contribution in [0.25, 0.3) is 22.3 Å². The van der Waals surface area contributed by atoms with E-state index in [0.29, 0.717) is 50.8 Å². The molecule has 8 fully saturated rings. The predicted octanol–water partition coefficient (Wildman–Crippen LogP) is 4.54. The maximum Gasteiger partial charge on any atom is 0.328 e. The number of carboxylic acid groups (broad SMARTS) is 1. The summed E-state index contributed by atoms with van der Waals surface area (Å²) < 4.78 is 54.0. The van der Waals surface area contributed by atoms with E-state index in [9.17, 15) is 55.2 Å². The second kappa shape index (κ2) is 31.8. The molecule has 6 aliphatic carbocycles. The number of hydrogen-bond acceptors (Lipinski definition) is 17. The second-order valence-corrected chi connectivity index (χ2v) is 30.3. The molecule has 0 bridgehead atoms. The zero-order valence-corrected chi connectivity index (χ0v) is 59.3. The van der Waals surface area contributed by atoms with Crippen LogP contribution in [-0.4, -0.2) is 194 Å². The maximum atomic E-state index is 13.9. The molecular weight excluding hydrogens is 1400 g/mol. The van der Waals surface area contributed by atoms with Crippen LogP contribution in [-0.2, 0) is 58.5 Å². The van der Waals surface area contributed by atoms with Gasteiger partial charge in [-0.3, -0.25) is 33.4 Å². The quantitative estimate of drug-likeness (QED) is 0.0333. The molecule has 14 rings (SSSR count). The number of carbonyl (C=O) groups excluding carboxylic acids is 7. The maximum absolute atomic E-state index is 13.9. The first kappa shape index (κ1) is 75.0. The smallest absolute Gasteiger partial charge is 0.328 e. The van der Waals surface area contributed by atoms with Crippen molar-refractivity contribution in [2.75, 3.05) is 40.3 Å². The minimum Gasteiger partial charge on any atom is -0.480 e. The normalized spacial score (nSPS) is 24.5. The highest BCUT2D eigenvalue weighted by atomic mass is 32.2. The first-order chi connectivity index (χ1) is 50.9. The van der Waals surface area contributed by atoms with Gasteiger partial charge in [0.05, 0.1) is 36.2 Å². The Hall–Kier alpha value is -12.2. The number of benzene rings is 4. The molecule has 0 radical (unpaired) electrons. The van der Waals surface area contributed by atoms with E-state index in [1.807, 2.05) is 84.9 Å². The minimum absolute atomic E-state index is 0.00716. The summed E-state index contributed by atoms with van der Waals surface area (Å²) in [7, 11) is -4.46. The monoisotopic (exact) mass is 1470 g/mol. The number of sulfonamides is 2. The third-order valence-electron chi connectivity index (χ3n) is 19.1. The summed E-state index contributed by atoms with van der Waals surface area (Å²) in [5, 5.41) is 29.9. The molecule has 29 heteroatoms. The van der Waals surface area contributed by atoms with Gasteiger partial charge in [-0.2, -0.15) is 0 Å². The summed E-state index contributed by atoms with van der Waals surface area (Å²) in [5.41, 5.74) is 33.6. The summed E-state index contributed by atoms with van der Waals surface area (Å²) >= 11 is 0. The number of nitrogens with one attached hydrogen (secondary N) is 7. The van der Waals surface area contributed by atoms with Crippen molar-refractivity contribution in [2.45, 2.75) is 109 Å². The van der Waals surface area contributed by atoms with Crippen LogP contribution in [0.4, 0.5) is 9.59 Å². The Labute approximate surface area is 611 Å². The average molecular weight is 1470 g/mol. The lowest BCUT2D eigenvalue weighted by Gasteiger charge is -2.28. The van der Waals surface area contributed by atoms with E-state index in [1.165, 1.54) is 20.8 Å². The van der Waals surface area contributed by atoms with Crippen LogP contribution >= 0.6 is 0 Å². The average Bonchev–Trinajstić information content (AvgIpc) is 1.54. The van der Waals surface area contributed by atoms with E-state index in [4.69, 9.17) is 14.8 Å². The molecular formula is C77H74N12O15S2. The van der Waals surface area contributed by atoms with Gasteiger partial charge in [0.2, 0.25) is 37.8 Å². The van der Waals surface area contributed by atoms with Crippen molar-refractivity contribution in [1.29, 1.82) is 0 Å². The number of oxime groups is 2. The second-order valence-electron chi connectivity index (χ2n) is 26.4. The molecule has 544 valence electrons. The number of fused-ring (bicyclic) bond motifs is 6. The minimum atomic E-state index is -3.86. The Kier molecular flexibility index (Phi) is 22.5. The van der Waals surface area contributed by atoms with Crippen molar-refractivity contribution < 1.29 is 70.0 Å². The summed E-state index contributed by atoms with van der Waals surface area (Å²) in [6.07, 6.45) is 5.00. The summed E-state index contributed by atoms with van der Waals surface area (Å²) in [6, 6.07) is 27.7. The van der Waals surface area contributed by atoms with Gasteiger partial charge in [0.15, 0.2) is 0 Å². The van der Waals surface area contributed by atoms with Gasteiger partial charge in [-0.25, -0.2) is 31.2 Å². The number of hydrogen-bond donors (Lipinski definition) is 8. The van der Waals surface area contributed by atoms with E-state index < -0.39 is 113 Å². The van der Waals surface area contributed by atoms with Gasteiger partial charge in [-0.1, -0.05) is 131 Å². The SMILES string of the molecule is C=C=C=C=C=C=C=C=C=C=C=C=C.C=C[C@@H]1C[C@]1(NC(=O)[C@@H]1C[C@@H](ON=C2c3ccccc3-c3ccccc32)CN1)C(=O)NS(=O)(=O)C1CC1.C=C[C@@H]1C[C@]1(NC(=O)[C@@H]1C[C@@H](ON=C2c3ccccc3-c3ccccc32)CN1C(=O)[C@@H]1CN(C)C(=O)N1)C(=O)NS(=O)(=O)C1CC1.CN1C[C@@H](C(=O)O)NC1=O. The number of carboxylic acids is 1. The van der Waals surface area contributed by atoms with Crippen LogP contribution in [0.3, 0.4) is 0 Å². The van der Waals surface area contributed by atoms with E-state index in [2.05, 4.69) is 148 Å². The Morgan fingerprint density at radius 2 is 0.915 bits per heavy atom. The number of rotatable bonds is 18. The Balaban J connectivity index is 0.000000165. The molecule has 0 unspecified atom stereocenters. The van der Waals surface area contributed by atoms with Gasteiger partial charge in [0.25, 0.3) is 11.8 Å². The Morgan fingerprint density at radius 3 is 1.26 bits per heavy atom. The number of aliphatic carboxylic acids is 1. The fraction of sp³-hybridized carbons (Fsp3) is 0.338. The first-order valence-corrected chi connectivity index (χ1v) is 36.9. The van der Waals surface area contributed by atoms with E-state index >= 15 is 0 Å². The zero-order chi connectivity index (χ0) is 75.7. The van der Waals surface area contributed by atoms with E-state index in [1.54, 1.807) is 20.2 Å². The molecule has 8 N–H and O–H groups in total. The lowest BCUT2D eigenvalue weighted by molar-refractivity contribution is -0.140. The molecule has 4 aliphatic heterocycles. The number of amides is 9. The van der Waals surface area contributed by atoms with Crippen molar-refractivity contribution in [3.8, 4) is 22.3 Å². The molecule has 4 saturated heterocycles. The lowest BCUT2D eigenvalue weighted by Crippen LogP contribution is -2.58. The molecule has 4 aromatic carbocycles. The van der Waals surface area contributed by atoms with Gasteiger partial charge in [-0.05, 0) is 126 Å². The Morgan fingerprint density at radius 1 is 0.538 bits per heavy atom.